The lowest BCUT2D eigenvalue weighted by Crippen LogP contribution is -2.21. The Bertz CT molecular complexity index is 1050. The minimum absolute atomic E-state index is 0.239. The molecule has 1 aliphatic rings. The van der Waals surface area contributed by atoms with Crippen LogP contribution < -0.4 is 14.8 Å². The van der Waals surface area contributed by atoms with E-state index in [0.717, 1.165) is 24.8 Å². The first-order valence-corrected chi connectivity index (χ1v) is 12.4. The Morgan fingerprint density at radius 3 is 2.60 bits per heavy atom. The number of anilines is 1. The Labute approximate surface area is 211 Å². The molecule has 2 aromatic rings. The first kappa shape index (κ1) is 26.5. The highest BCUT2D eigenvalue weighted by Gasteiger charge is 2.23. The van der Waals surface area contributed by atoms with Gasteiger partial charge in [0.15, 0.2) is 6.61 Å². The molecule has 3 rings (SSSR count). The summed E-state index contributed by atoms with van der Waals surface area (Å²) in [6, 6.07) is 10.3. The van der Waals surface area contributed by atoms with Crippen molar-refractivity contribution in [1.29, 1.82) is 0 Å². The van der Waals surface area contributed by atoms with E-state index in [4.69, 9.17) is 25.8 Å². The number of carbonyl (C=O) groups is 3. The summed E-state index contributed by atoms with van der Waals surface area (Å²) in [5, 5.41) is 3.15. The van der Waals surface area contributed by atoms with E-state index in [-0.39, 0.29) is 24.4 Å². The fourth-order valence-corrected chi connectivity index (χ4v) is 4.23. The normalized spacial score (nSPS) is 17.5. The van der Waals surface area contributed by atoms with Crippen LogP contribution in [-0.2, 0) is 20.7 Å². The van der Waals surface area contributed by atoms with Crippen LogP contribution in [0.15, 0.2) is 36.4 Å². The molecule has 1 amide bonds. The molecule has 7 nitrogen and oxygen atoms in total. The third-order valence-corrected chi connectivity index (χ3v) is 6.21. The van der Waals surface area contributed by atoms with Crippen LogP contribution in [0.5, 0.6) is 11.5 Å². The molecule has 0 saturated carbocycles. The van der Waals surface area contributed by atoms with Crippen LogP contribution in [0.1, 0.15) is 67.8 Å². The van der Waals surface area contributed by atoms with E-state index in [1.54, 1.807) is 36.4 Å². The van der Waals surface area contributed by atoms with Crippen LogP contribution >= 0.6 is 11.6 Å². The monoisotopic (exact) mass is 501 g/mol. The number of hydrogen-bond acceptors (Lipinski definition) is 6. The molecule has 0 spiro atoms. The van der Waals surface area contributed by atoms with Gasteiger partial charge < -0.3 is 19.5 Å². The first-order chi connectivity index (χ1) is 16.9. The Morgan fingerprint density at radius 1 is 1.09 bits per heavy atom. The maximum Gasteiger partial charge on any atom is 0.342 e. The number of Topliss-reactive ketones (excluding diaryl/α,β-unsaturated/α-hetero) is 1. The highest BCUT2D eigenvalue weighted by Crippen LogP contribution is 2.32. The van der Waals surface area contributed by atoms with E-state index in [1.807, 2.05) is 6.92 Å². The van der Waals surface area contributed by atoms with E-state index >= 15 is 0 Å². The molecule has 1 N–H and O–H groups in total. The summed E-state index contributed by atoms with van der Waals surface area (Å²) in [4.78, 5) is 37.5. The van der Waals surface area contributed by atoms with Gasteiger partial charge in [-0.15, -0.1) is 0 Å². The number of nitrogens with one attached hydrogen (secondary N) is 1. The number of rotatable bonds is 5. The quantitative estimate of drug-likeness (QED) is 0.523. The summed E-state index contributed by atoms with van der Waals surface area (Å²) >= 11 is 6.10. The molecular formula is C27H32ClNO6. The van der Waals surface area contributed by atoms with Gasteiger partial charge in [0.25, 0.3) is 5.91 Å². The number of aryl methyl sites for hydroxylation is 1. The van der Waals surface area contributed by atoms with E-state index in [9.17, 15) is 14.4 Å². The third kappa shape index (κ3) is 7.99. The number of ketones is 1. The number of carbonyl (C=O) groups excluding carboxylic acids is 3. The zero-order valence-corrected chi connectivity index (χ0v) is 21.0. The van der Waals surface area contributed by atoms with Crippen molar-refractivity contribution in [2.75, 3.05) is 19.0 Å². The van der Waals surface area contributed by atoms with E-state index < -0.39 is 5.97 Å². The van der Waals surface area contributed by atoms with Gasteiger partial charge in [-0.1, -0.05) is 30.2 Å². The minimum atomic E-state index is -0.462. The highest BCUT2D eigenvalue weighted by molar-refractivity contribution is 6.33. The topological polar surface area (TPSA) is 90.9 Å². The number of amides is 1. The van der Waals surface area contributed by atoms with Gasteiger partial charge in [0, 0.05) is 18.9 Å². The van der Waals surface area contributed by atoms with Gasteiger partial charge in [-0.2, -0.15) is 0 Å². The van der Waals surface area contributed by atoms with Crippen LogP contribution in [0.25, 0.3) is 0 Å². The van der Waals surface area contributed by atoms with Crippen molar-refractivity contribution in [3.8, 4) is 11.5 Å². The van der Waals surface area contributed by atoms with E-state index in [1.165, 1.54) is 7.11 Å². The van der Waals surface area contributed by atoms with Crippen LogP contribution in [0.4, 0.5) is 5.69 Å². The second-order valence-electron chi connectivity index (χ2n) is 8.68. The van der Waals surface area contributed by atoms with Crippen molar-refractivity contribution in [2.45, 2.75) is 64.4 Å². The molecule has 0 bridgehead atoms. The van der Waals surface area contributed by atoms with Gasteiger partial charge in [-0.05, 0) is 62.8 Å². The average molecular weight is 502 g/mol. The van der Waals surface area contributed by atoms with Crippen molar-refractivity contribution in [3.63, 3.8) is 0 Å². The number of ether oxygens (including phenoxy) is 3. The molecule has 0 aliphatic carbocycles. The van der Waals surface area contributed by atoms with Crippen LogP contribution in [-0.4, -0.2) is 37.5 Å². The minimum Gasteiger partial charge on any atom is -0.496 e. The number of fused-ring (bicyclic) bond motifs is 1. The fraction of sp³-hybridized carbons (Fsp3) is 0.444. The van der Waals surface area contributed by atoms with Crippen molar-refractivity contribution in [3.05, 3.63) is 52.5 Å². The van der Waals surface area contributed by atoms with Gasteiger partial charge in [-0.25, -0.2) is 4.79 Å². The lowest BCUT2D eigenvalue weighted by atomic mass is 9.98. The zero-order valence-electron chi connectivity index (χ0n) is 20.2. The predicted molar refractivity (Wildman–Crippen MR) is 134 cm³/mol. The van der Waals surface area contributed by atoms with Gasteiger partial charge in [0.05, 0.1) is 23.9 Å². The number of cyclic esters (lactones) is 1. The first-order valence-electron chi connectivity index (χ1n) is 12.0. The maximum absolute atomic E-state index is 13.1. The van der Waals surface area contributed by atoms with E-state index in [0.29, 0.717) is 59.9 Å². The van der Waals surface area contributed by atoms with Crippen molar-refractivity contribution >= 4 is 34.9 Å². The molecule has 0 fully saturated rings. The summed E-state index contributed by atoms with van der Waals surface area (Å²) in [5.74, 6) is 0.176. The number of para-hydroxylation sites is 1. The van der Waals surface area contributed by atoms with Gasteiger partial charge in [0.2, 0.25) is 0 Å². The molecular weight excluding hydrogens is 470 g/mol. The highest BCUT2D eigenvalue weighted by atomic mass is 35.5. The number of benzene rings is 2. The van der Waals surface area contributed by atoms with Crippen molar-refractivity contribution in [2.24, 2.45) is 0 Å². The molecule has 0 unspecified atom stereocenters. The molecule has 1 heterocycles. The standard InChI is InChI=1S/C27H32ClNO6/c1-18-9-8-12-20(30)11-5-3-4-10-19-15-21(16-24(33-2)26(19)27(32)35-18)34-17-25(31)29-23-14-7-6-13-22(23)28/h6-7,13-16,18H,3-5,8-12,17H2,1-2H3,(H,29,31)/t18-/m1/s1. The Balaban J connectivity index is 1.78. The molecule has 2 aromatic carbocycles. The second kappa shape index (κ2) is 13.1. The van der Waals surface area contributed by atoms with Gasteiger partial charge in [-0.3, -0.25) is 9.59 Å². The molecule has 1 atom stereocenters. The molecule has 1 aliphatic heterocycles. The summed E-state index contributed by atoms with van der Waals surface area (Å²) in [6.45, 7) is 1.59. The molecule has 0 aromatic heterocycles. The van der Waals surface area contributed by atoms with Crippen LogP contribution in [0, 0.1) is 0 Å². The maximum atomic E-state index is 13.1. The van der Waals surface area contributed by atoms with Crippen LogP contribution in [0.3, 0.4) is 0 Å². The zero-order chi connectivity index (χ0) is 25.2. The SMILES string of the molecule is COc1cc(OCC(=O)Nc2ccccc2Cl)cc2c1C(=O)O[C@H](C)CCCC(=O)CCCCC2. The number of hydrogen-bond donors (Lipinski definition) is 1. The lowest BCUT2D eigenvalue weighted by Gasteiger charge is -2.19. The molecule has 0 saturated heterocycles. The van der Waals surface area contributed by atoms with Crippen LogP contribution in [0.2, 0.25) is 5.02 Å². The summed E-state index contributed by atoms with van der Waals surface area (Å²) in [6.07, 6.45) is 5.17. The third-order valence-electron chi connectivity index (χ3n) is 5.88. The number of halogens is 1. The van der Waals surface area contributed by atoms with Crippen molar-refractivity contribution < 1.29 is 28.6 Å². The smallest absolute Gasteiger partial charge is 0.342 e. The Kier molecular flexibility index (Phi) is 9.97. The van der Waals surface area contributed by atoms with Crippen molar-refractivity contribution in [1.82, 2.24) is 0 Å². The average Bonchev–Trinajstić information content (AvgIpc) is 2.83. The predicted octanol–water partition coefficient (Wildman–Crippen LogP) is 5.77. The molecule has 8 heteroatoms. The Hall–Kier alpha value is -3.06. The largest absolute Gasteiger partial charge is 0.496 e. The summed E-state index contributed by atoms with van der Waals surface area (Å²) < 4.78 is 16.9. The Morgan fingerprint density at radius 2 is 1.83 bits per heavy atom. The second-order valence-corrected chi connectivity index (χ2v) is 9.09. The van der Waals surface area contributed by atoms with E-state index in [2.05, 4.69) is 5.32 Å². The summed E-state index contributed by atoms with van der Waals surface area (Å²) in [5.41, 5.74) is 1.60. The molecule has 0 radical (unpaired) electrons. The molecule has 35 heavy (non-hydrogen) atoms. The van der Waals surface area contributed by atoms with Gasteiger partial charge in [0.1, 0.15) is 22.8 Å². The number of methoxy groups -OCH3 is 1. The number of esters is 1. The molecule has 188 valence electrons. The summed E-state index contributed by atoms with van der Waals surface area (Å²) in [7, 11) is 1.48. The fourth-order valence-electron chi connectivity index (χ4n) is 4.04. The van der Waals surface area contributed by atoms with Gasteiger partial charge >= 0.3 is 5.97 Å². The lowest BCUT2D eigenvalue weighted by molar-refractivity contribution is -0.119.